The number of alkyl halides is 3. The van der Waals surface area contributed by atoms with E-state index in [1.807, 2.05) is 12.1 Å². The summed E-state index contributed by atoms with van der Waals surface area (Å²) in [4.78, 5) is 3.88. The molecule has 2 aromatic rings. The molecule has 0 aliphatic carbocycles. The predicted molar refractivity (Wildman–Crippen MR) is 139 cm³/mol. The summed E-state index contributed by atoms with van der Waals surface area (Å²) in [6.07, 6.45) is -4.83. The van der Waals surface area contributed by atoms with Gasteiger partial charge in [-0.2, -0.15) is 13.2 Å². The van der Waals surface area contributed by atoms with Crippen molar-refractivity contribution in [3.05, 3.63) is 65.5 Å². The molecular formula is C27H33F4N3O3S. The zero-order chi connectivity index (χ0) is 27.7. The maximum Gasteiger partial charge on any atom is 0.390 e. The number of hydrogen-bond donors (Lipinski definition) is 0. The Morgan fingerprint density at radius 3 is 2.26 bits per heavy atom. The lowest BCUT2D eigenvalue weighted by Crippen LogP contribution is -2.47. The van der Waals surface area contributed by atoms with Crippen LogP contribution in [0.15, 0.2) is 52.9 Å². The number of piperazine rings is 1. The Labute approximate surface area is 221 Å². The third-order valence-electron chi connectivity index (χ3n) is 7.10. The van der Waals surface area contributed by atoms with E-state index in [2.05, 4.69) is 9.30 Å². The van der Waals surface area contributed by atoms with E-state index in [9.17, 15) is 26.0 Å². The standard InChI is InChI=1S/C27H33F4N3O3S/c1-19(22-6-4-5-7-23(22)28)18-24-32-38(35,36)25(26(2,3)37-24)20-8-10-21(11-9-20)34-16-14-33(15-17-34)13-12-27(29,30)31/h4-11,19,25H,12-18H2,1-3H3/t19-,25?/m1/s1. The lowest BCUT2D eigenvalue weighted by atomic mass is 9.95. The van der Waals surface area contributed by atoms with Crippen LogP contribution < -0.4 is 4.90 Å². The van der Waals surface area contributed by atoms with Gasteiger partial charge in [0.2, 0.25) is 5.90 Å². The summed E-state index contributed by atoms with van der Waals surface area (Å²) in [5.41, 5.74) is 0.760. The molecule has 0 N–H and O–H groups in total. The summed E-state index contributed by atoms with van der Waals surface area (Å²) in [5.74, 6) is -0.632. The molecule has 0 spiro atoms. The van der Waals surface area contributed by atoms with Crippen LogP contribution in [0.5, 0.6) is 0 Å². The SMILES string of the molecule is C[C@H](CC1=NS(=O)(=O)C(c2ccc(N3CCN(CCC(F)(F)F)CC3)cc2)C(C)(C)O1)c1ccccc1F. The summed E-state index contributed by atoms with van der Waals surface area (Å²) in [5, 5.41) is -1.03. The minimum absolute atomic E-state index is 0.00747. The molecule has 2 atom stereocenters. The first-order chi connectivity index (χ1) is 17.7. The van der Waals surface area contributed by atoms with Gasteiger partial charge in [0.1, 0.15) is 16.7 Å². The Balaban J connectivity index is 1.44. The second-order valence-electron chi connectivity index (χ2n) is 10.5. The first-order valence-corrected chi connectivity index (χ1v) is 14.2. The highest BCUT2D eigenvalue weighted by molar-refractivity contribution is 7.90. The van der Waals surface area contributed by atoms with E-state index < -0.39 is 33.5 Å². The molecule has 2 aliphatic heterocycles. The fourth-order valence-electron chi connectivity index (χ4n) is 5.20. The number of hydrogen-bond acceptors (Lipinski definition) is 5. The zero-order valence-corrected chi connectivity index (χ0v) is 22.5. The van der Waals surface area contributed by atoms with Crippen LogP contribution in [0.3, 0.4) is 0 Å². The largest absolute Gasteiger partial charge is 0.472 e. The lowest BCUT2D eigenvalue weighted by molar-refractivity contribution is -0.138. The molecule has 4 rings (SSSR count). The van der Waals surface area contributed by atoms with Gasteiger partial charge in [-0.05, 0) is 49.1 Å². The van der Waals surface area contributed by atoms with Gasteiger partial charge in [0.15, 0.2) is 0 Å². The molecule has 38 heavy (non-hydrogen) atoms. The van der Waals surface area contributed by atoms with Crippen molar-refractivity contribution in [3.63, 3.8) is 0 Å². The van der Waals surface area contributed by atoms with Crippen LogP contribution in [0.1, 0.15) is 55.9 Å². The number of ether oxygens (including phenoxy) is 1. The van der Waals surface area contributed by atoms with Crippen molar-refractivity contribution < 1.29 is 30.7 Å². The molecule has 2 aliphatic rings. The molecule has 2 heterocycles. The molecule has 0 saturated carbocycles. The van der Waals surface area contributed by atoms with Crippen molar-refractivity contribution in [3.8, 4) is 0 Å². The minimum atomic E-state index is -4.16. The molecule has 2 aromatic carbocycles. The number of anilines is 1. The van der Waals surface area contributed by atoms with Gasteiger partial charge < -0.3 is 9.64 Å². The highest BCUT2D eigenvalue weighted by Crippen LogP contribution is 2.42. The fourth-order valence-corrected chi connectivity index (χ4v) is 6.97. The van der Waals surface area contributed by atoms with E-state index >= 15 is 0 Å². The first-order valence-electron chi connectivity index (χ1n) is 12.7. The molecule has 0 aromatic heterocycles. The monoisotopic (exact) mass is 555 g/mol. The van der Waals surface area contributed by atoms with Gasteiger partial charge in [-0.3, -0.25) is 4.90 Å². The maximum absolute atomic E-state index is 14.2. The Kier molecular flexibility index (Phi) is 8.09. The predicted octanol–water partition coefficient (Wildman–Crippen LogP) is 5.67. The van der Waals surface area contributed by atoms with E-state index in [0.717, 1.165) is 5.69 Å². The first kappa shape index (κ1) is 28.4. The number of rotatable bonds is 7. The molecule has 6 nitrogen and oxygen atoms in total. The van der Waals surface area contributed by atoms with Crippen LogP contribution in [0.4, 0.5) is 23.2 Å². The van der Waals surface area contributed by atoms with Gasteiger partial charge >= 0.3 is 6.18 Å². The Morgan fingerprint density at radius 1 is 1.05 bits per heavy atom. The van der Waals surface area contributed by atoms with Crippen molar-refractivity contribution >= 4 is 21.6 Å². The highest BCUT2D eigenvalue weighted by Gasteiger charge is 2.47. The van der Waals surface area contributed by atoms with Crippen molar-refractivity contribution in [2.45, 2.75) is 56.6 Å². The van der Waals surface area contributed by atoms with Crippen molar-refractivity contribution in [2.24, 2.45) is 4.40 Å². The molecule has 1 fully saturated rings. The number of sulfonamides is 1. The number of nitrogens with zero attached hydrogens (tertiary/aromatic N) is 3. The van der Waals surface area contributed by atoms with Gasteiger partial charge in [-0.25, -0.2) is 12.8 Å². The summed E-state index contributed by atoms with van der Waals surface area (Å²) in [7, 11) is -3.98. The molecule has 1 saturated heterocycles. The normalized spacial score (nSPS) is 22.4. The smallest absolute Gasteiger partial charge is 0.390 e. The van der Waals surface area contributed by atoms with Crippen molar-refractivity contribution in [1.29, 1.82) is 0 Å². The summed E-state index contributed by atoms with van der Waals surface area (Å²) in [6.45, 7) is 7.41. The van der Waals surface area contributed by atoms with Gasteiger partial charge in [-0.15, -0.1) is 4.40 Å². The van der Waals surface area contributed by atoms with Gasteiger partial charge in [0.25, 0.3) is 10.0 Å². The van der Waals surface area contributed by atoms with Crippen LogP contribution in [0, 0.1) is 5.82 Å². The summed E-state index contributed by atoms with van der Waals surface area (Å²) >= 11 is 0. The zero-order valence-electron chi connectivity index (χ0n) is 21.7. The highest BCUT2D eigenvalue weighted by atomic mass is 32.2. The minimum Gasteiger partial charge on any atom is -0.472 e. The Morgan fingerprint density at radius 2 is 1.68 bits per heavy atom. The van der Waals surface area contributed by atoms with E-state index in [1.165, 1.54) is 6.07 Å². The van der Waals surface area contributed by atoms with E-state index in [0.29, 0.717) is 37.3 Å². The molecule has 1 unspecified atom stereocenters. The topological polar surface area (TPSA) is 62.2 Å². The van der Waals surface area contributed by atoms with Crippen LogP contribution >= 0.6 is 0 Å². The van der Waals surface area contributed by atoms with Crippen LogP contribution in [0.25, 0.3) is 0 Å². The lowest BCUT2D eigenvalue weighted by Gasteiger charge is -2.38. The van der Waals surface area contributed by atoms with Crippen molar-refractivity contribution in [1.82, 2.24) is 4.90 Å². The van der Waals surface area contributed by atoms with Gasteiger partial charge in [0.05, 0.1) is 6.42 Å². The van der Waals surface area contributed by atoms with Crippen LogP contribution in [0.2, 0.25) is 0 Å². The quantitative estimate of drug-likeness (QED) is 0.412. The molecule has 0 radical (unpaired) electrons. The van der Waals surface area contributed by atoms with E-state index in [-0.39, 0.29) is 30.6 Å². The van der Waals surface area contributed by atoms with Gasteiger partial charge in [0, 0.05) is 44.8 Å². The van der Waals surface area contributed by atoms with E-state index in [1.54, 1.807) is 56.0 Å². The second kappa shape index (κ2) is 10.8. The molecule has 11 heteroatoms. The molecule has 208 valence electrons. The molecular weight excluding hydrogens is 522 g/mol. The van der Waals surface area contributed by atoms with Gasteiger partial charge in [-0.1, -0.05) is 37.3 Å². The molecule has 0 bridgehead atoms. The second-order valence-corrected chi connectivity index (χ2v) is 12.2. The Bertz CT molecular complexity index is 1260. The maximum atomic E-state index is 14.2. The summed E-state index contributed by atoms with van der Waals surface area (Å²) in [6, 6.07) is 13.5. The van der Waals surface area contributed by atoms with Crippen LogP contribution in [-0.2, 0) is 14.8 Å². The van der Waals surface area contributed by atoms with E-state index in [4.69, 9.17) is 4.74 Å². The van der Waals surface area contributed by atoms with Crippen molar-refractivity contribution in [2.75, 3.05) is 37.6 Å². The number of benzene rings is 2. The Hall–Kier alpha value is -2.66. The molecule has 0 amide bonds. The third kappa shape index (κ3) is 6.66. The average Bonchev–Trinajstić information content (AvgIpc) is 2.82. The average molecular weight is 556 g/mol. The summed E-state index contributed by atoms with van der Waals surface area (Å²) < 4.78 is 88.4. The number of halogens is 4. The fraction of sp³-hybridized carbons (Fsp3) is 0.519. The third-order valence-corrected chi connectivity index (χ3v) is 8.99. The van der Waals surface area contributed by atoms with Crippen LogP contribution in [-0.4, -0.2) is 63.7 Å².